The third kappa shape index (κ3) is 4.09. The molecule has 0 amide bonds. The van der Waals surface area contributed by atoms with Gasteiger partial charge >= 0.3 is 0 Å². The fourth-order valence-corrected chi connectivity index (χ4v) is 1.52. The van der Waals surface area contributed by atoms with Crippen molar-refractivity contribution in [3.8, 4) is 0 Å². The Balaban J connectivity index is 1.86. The van der Waals surface area contributed by atoms with Crippen LogP contribution in [0.3, 0.4) is 0 Å². The van der Waals surface area contributed by atoms with Crippen LogP contribution in [0.15, 0.2) is 0 Å². The number of hydrogen-bond acceptors (Lipinski definition) is 2. The SMILES string of the molecule is BrCCCNCC1CCOC1. The number of ether oxygens (including phenoxy) is 1. The molecule has 2 nitrogen and oxygen atoms in total. The summed E-state index contributed by atoms with van der Waals surface area (Å²) in [5.74, 6) is 0.769. The lowest BCUT2D eigenvalue weighted by atomic mass is 10.1. The Hall–Kier alpha value is 0.400. The number of hydrogen-bond donors (Lipinski definition) is 1. The lowest BCUT2D eigenvalue weighted by Gasteiger charge is -2.07. The number of alkyl halides is 1. The molecule has 0 spiro atoms. The highest BCUT2D eigenvalue weighted by Crippen LogP contribution is 2.10. The Morgan fingerprint density at radius 3 is 3.09 bits per heavy atom. The summed E-state index contributed by atoms with van der Waals surface area (Å²) in [6.45, 7) is 4.18. The highest BCUT2D eigenvalue weighted by atomic mass is 79.9. The van der Waals surface area contributed by atoms with E-state index in [1.54, 1.807) is 0 Å². The molecule has 11 heavy (non-hydrogen) atoms. The molecular weight excluding hydrogens is 206 g/mol. The third-order valence-corrected chi connectivity index (χ3v) is 2.50. The van der Waals surface area contributed by atoms with Crippen LogP contribution in [-0.2, 0) is 4.74 Å². The van der Waals surface area contributed by atoms with Crippen molar-refractivity contribution in [2.24, 2.45) is 5.92 Å². The van der Waals surface area contributed by atoms with Gasteiger partial charge in [-0.3, -0.25) is 0 Å². The molecule has 66 valence electrons. The molecule has 1 atom stereocenters. The van der Waals surface area contributed by atoms with Crippen LogP contribution in [0.25, 0.3) is 0 Å². The van der Waals surface area contributed by atoms with Gasteiger partial charge in [0.25, 0.3) is 0 Å². The standard InChI is InChI=1S/C8H16BrNO/c9-3-1-4-10-6-8-2-5-11-7-8/h8,10H,1-7H2. The van der Waals surface area contributed by atoms with E-state index in [1.807, 2.05) is 0 Å². The van der Waals surface area contributed by atoms with Gasteiger partial charge in [0.2, 0.25) is 0 Å². The summed E-state index contributed by atoms with van der Waals surface area (Å²) in [5.41, 5.74) is 0. The molecule has 1 fully saturated rings. The number of nitrogens with one attached hydrogen (secondary N) is 1. The molecule has 3 heteroatoms. The predicted molar refractivity (Wildman–Crippen MR) is 50.2 cm³/mol. The molecule has 0 aliphatic carbocycles. The van der Waals surface area contributed by atoms with E-state index in [0.29, 0.717) is 0 Å². The molecule has 0 saturated carbocycles. The first-order valence-corrected chi connectivity index (χ1v) is 5.40. The van der Waals surface area contributed by atoms with Gasteiger partial charge in [-0.15, -0.1) is 0 Å². The van der Waals surface area contributed by atoms with Crippen molar-refractivity contribution in [1.82, 2.24) is 5.32 Å². The molecule has 1 N–H and O–H groups in total. The minimum atomic E-state index is 0.769. The maximum Gasteiger partial charge on any atom is 0.0507 e. The molecule has 1 saturated heterocycles. The normalized spacial score (nSPS) is 24.3. The number of halogens is 1. The predicted octanol–water partition coefficient (Wildman–Crippen LogP) is 1.40. The summed E-state index contributed by atoms with van der Waals surface area (Å²) in [5, 5.41) is 4.52. The van der Waals surface area contributed by atoms with Gasteiger partial charge in [-0.25, -0.2) is 0 Å². The largest absolute Gasteiger partial charge is 0.381 e. The van der Waals surface area contributed by atoms with Gasteiger partial charge in [0, 0.05) is 18.5 Å². The highest BCUT2D eigenvalue weighted by molar-refractivity contribution is 9.09. The topological polar surface area (TPSA) is 21.3 Å². The fraction of sp³-hybridized carbons (Fsp3) is 1.00. The average Bonchev–Trinajstić information content (AvgIpc) is 2.50. The van der Waals surface area contributed by atoms with Crippen LogP contribution in [0.1, 0.15) is 12.8 Å². The monoisotopic (exact) mass is 221 g/mol. The maximum absolute atomic E-state index is 5.26. The zero-order valence-corrected chi connectivity index (χ0v) is 8.40. The molecule has 0 aromatic carbocycles. The van der Waals surface area contributed by atoms with Crippen LogP contribution in [0, 0.1) is 5.92 Å². The second-order valence-electron chi connectivity index (χ2n) is 2.98. The summed E-state index contributed by atoms with van der Waals surface area (Å²) in [7, 11) is 0. The van der Waals surface area contributed by atoms with Crippen molar-refractivity contribution in [1.29, 1.82) is 0 Å². The highest BCUT2D eigenvalue weighted by Gasteiger charge is 2.14. The van der Waals surface area contributed by atoms with Gasteiger partial charge in [-0.05, 0) is 25.3 Å². The van der Waals surface area contributed by atoms with E-state index in [2.05, 4.69) is 21.2 Å². The molecule has 1 aliphatic heterocycles. The van der Waals surface area contributed by atoms with Crippen molar-refractivity contribution in [2.75, 3.05) is 31.6 Å². The van der Waals surface area contributed by atoms with E-state index in [-0.39, 0.29) is 0 Å². The molecule has 0 aromatic heterocycles. The Labute approximate surface area is 76.8 Å². The van der Waals surface area contributed by atoms with Gasteiger partial charge in [0.15, 0.2) is 0 Å². The smallest absolute Gasteiger partial charge is 0.0507 e. The van der Waals surface area contributed by atoms with E-state index in [9.17, 15) is 0 Å². The van der Waals surface area contributed by atoms with Crippen molar-refractivity contribution in [2.45, 2.75) is 12.8 Å². The van der Waals surface area contributed by atoms with E-state index in [0.717, 1.165) is 37.6 Å². The lowest BCUT2D eigenvalue weighted by molar-refractivity contribution is 0.185. The first-order valence-electron chi connectivity index (χ1n) is 4.28. The summed E-state index contributed by atoms with van der Waals surface area (Å²) >= 11 is 3.40. The molecule has 0 aromatic rings. The summed E-state index contributed by atoms with van der Waals surface area (Å²) in [4.78, 5) is 0. The van der Waals surface area contributed by atoms with Crippen molar-refractivity contribution < 1.29 is 4.74 Å². The van der Waals surface area contributed by atoms with Gasteiger partial charge < -0.3 is 10.1 Å². The van der Waals surface area contributed by atoms with Gasteiger partial charge in [0.1, 0.15) is 0 Å². The zero-order chi connectivity index (χ0) is 7.94. The molecule has 1 heterocycles. The Kier molecular flexibility index (Phi) is 5.15. The van der Waals surface area contributed by atoms with Crippen LogP contribution in [0.4, 0.5) is 0 Å². The number of rotatable bonds is 5. The van der Waals surface area contributed by atoms with Gasteiger partial charge in [0.05, 0.1) is 6.61 Å². The van der Waals surface area contributed by atoms with Crippen LogP contribution < -0.4 is 5.32 Å². The summed E-state index contributed by atoms with van der Waals surface area (Å²) in [6, 6.07) is 0. The lowest BCUT2D eigenvalue weighted by Crippen LogP contribution is -2.24. The third-order valence-electron chi connectivity index (χ3n) is 1.94. The van der Waals surface area contributed by atoms with Gasteiger partial charge in [-0.2, -0.15) is 0 Å². The first-order chi connectivity index (χ1) is 5.43. The summed E-state index contributed by atoms with van der Waals surface area (Å²) < 4.78 is 5.26. The second-order valence-corrected chi connectivity index (χ2v) is 3.77. The zero-order valence-electron chi connectivity index (χ0n) is 6.81. The molecular formula is C8H16BrNO. The van der Waals surface area contributed by atoms with E-state index < -0.39 is 0 Å². The minimum absolute atomic E-state index is 0.769. The molecule has 1 aliphatic rings. The van der Waals surface area contributed by atoms with Crippen LogP contribution >= 0.6 is 15.9 Å². The van der Waals surface area contributed by atoms with E-state index in [1.165, 1.54) is 12.8 Å². The first kappa shape index (κ1) is 9.49. The Morgan fingerprint density at radius 1 is 1.55 bits per heavy atom. The van der Waals surface area contributed by atoms with E-state index >= 15 is 0 Å². The average molecular weight is 222 g/mol. The molecule has 1 rings (SSSR count). The van der Waals surface area contributed by atoms with Gasteiger partial charge in [-0.1, -0.05) is 15.9 Å². The van der Waals surface area contributed by atoms with Crippen LogP contribution in [-0.4, -0.2) is 31.6 Å². The fourth-order valence-electron chi connectivity index (χ4n) is 1.24. The van der Waals surface area contributed by atoms with Crippen molar-refractivity contribution >= 4 is 15.9 Å². The quantitative estimate of drug-likeness (QED) is 0.560. The van der Waals surface area contributed by atoms with Crippen molar-refractivity contribution in [3.05, 3.63) is 0 Å². The summed E-state index contributed by atoms with van der Waals surface area (Å²) in [6.07, 6.45) is 2.45. The molecule has 0 bridgehead atoms. The molecule has 1 unspecified atom stereocenters. The Bertz CT molecular complexity index is 94.1. The van der Waals surface area contributed by atoms with Crippen LogP contribution in [0.5, 0.6) is 0 Å². The second kappa shape index (κ2) is 5.98. The minimum Gasteiger partial charge on any atom is -0.381 e. The van der Waals surface area contributed by atoms with Crippen LogP contribution in [0.2, 0.25) is 0 Å². The molecule has 0 radical (unpaired) electrons. The Morgan fingerprint density at radius 2 is 2.45 bits per heavy atom. The van der Waals surface area contributed by atoms with Crippen molar-refractivity contribution in [3.63, 3.8) is 0 Å². The maximum atomic E-state index is 5.26. The van der Waals surface area contributed by atoms with E-state index in [4.69, 9.17) is 4.74 Å².